The largest absolute Gasteiger partial charge is 0.378 e. The smallest absolute Gasteiger partial charge is 0.123 e. The summed E-state index contributed by atoms with van der Waals surface area (Å²) in [6.07, 6.45) is 3.36. The summed E-state index contributed by atoms with van der Waals surface area (Å²) in [6.45, 7) is 2.12. The molecule has 4 nitrogen and oxygen atoms in total. The third-order valence-corrected chi connectivity index (χ3v) is 3.57. The summed E-state index contributed by atoms with van der Waals surface area (Å²) in [6, 6.07) is 16.2. The summed E-state index contributed by atoms with van der Waals surface area (Å²) in [5.41, 5.74) is 3.26. The van der Waals surface area contributed by atoms with Crippen molar-refractivity contribution in [2.24, 2.45) is 0 Å². The highest BCUT2D eigenvalue weighted by molar-refractivity contribution is 6.30. The van der Waals surface area contributed by atoms with Gasteiger partial charge in [-0.2, -0.15) is 0 Å². The van der Waals surface area contributed by atoms with E-state index in [0.717, 1.165) is 16.4 Å². The van der Waals surface area contributed by atoms with Gasteiger partial charge in [0.25, 0.3) is 0 Å². The van der Waals surface area contributed by atoms with Gasteiger partial charge in [0, 0.05) is 16.8 Å². The number of aromatic nitrogens is 3. The van der Waals surface area contributed by atoms with Crippen molar-refractivity contribution in [3.8, 4) is 5.69 Å². The van der Waals surface area contributed by atoms with Crippen LogP contribution in [0.2, 0.25) is 5.02 Å². The maximum Gasteiger partial charge on any atom is 0.123 e. The van der Waals surface area contributed by atoms with Crippen LogP contribution in [0.25, 0.3) is 5.69 Å². The molecule has 0 aliphatic rings. The molecule has 0 amide bonds. The van der Waals surface area contributed by atoms with Crippen molar-refractivity contribution < 1.29 is 0 Å². The molecule has 21 heavy (non-hydrogen) atoms. The maximum absolute atomic E-state index is 5.92. The van der Waals surface area contributed by atoms with Gasteiger partial charge in [-0.15, -0.1) is 10.2 Å². The molecule has 0 bridgehead atoms. The lowest BCUT2D eigenvalue weighted by molar-refractivity contribution is 0.884. The molecule has 3 aromatic rings. The van der Waals surface area contributed by atoms with E-state index in [1.165, 1.54) is 5.56 Å². The van der Waals surface area contributed by atoms with Crippen LogP contribution in [0.4, 0.5) is 5.69 Å². The molecule has 1 aromatic heterocycles. The Kier molecular flexibility index (Phi) is 3.88. The number of nitrogens with zero attached hydrogens (tertiary/aromatic N) is 3. The SMILES string of the molecule is CC(Nc1cccc(-n2cnnc2)c1)c1ccc(Cl)cc1. The second kappa shape index (κ2) is 5.97. The summed E-state index contributed by atoms with van der Waals surface area (Å²) in [5.74, 6) is 0. The fourth-order valence-electron chi connectivity index (χ4n) is 2.18. The van der Waals surface area contributed by atoms with Crippen molar-refractivity contribution in [1.82, 2.24) is 14.8 Å². The first kappa shape index (κ1) is 13.6. The molecule has 106 valence electrons. The highest BCUT2D eigenvalue weighted by atomic mass is 35.5. The average Bonchev–Trinajstić information content (AvgIpc) is 3.02. The van der Waals surface area contributed by atoms with Gasteiger partial charge in [0.2, 0.25) is 0 Å². The van der Waals surface area contributed by atoms with E-state index in [1.807, 2.05) is 47.0 Å². The molecule has 0 radical (unpaired) electrons. The zero-order chi connectivity index (χ0) is 14.7. The topological polar surface area (TPSA) is 42.7 Å². The molecule has 0 fully saturated rings. The van der Waals surface area contributed by atoms with Crippen LogP contribution in [0.15, 0.2) is 61.2 Å². The minimum absolute atomic E-state index is 0.193. The lowest BCUT2D eigenvalue weighted by Gasteiger charge is -2.16. The Morgan fingerprint density at radius 1 is 1.05 bits per heavy atom. The normalized spacial score (nSPS) is 12.1. The number of rotatable bonds is 4. The Bertz CT molecular complexity index is 707. The molecule has 5 heteroatoms. The molecule has 2 aromatic carbocycles. The quantitative estimate of drug-likeness (QED) is 0.789. The molecular weight excluding hydrogens is 284 g/mol. The van der Waals surface area contributed by atoms with Gasteiger partial charge >= 0.3 is 0 Å². The van der Waals surface area contributed by atoms with Crippen molar-refractivity contribution in [3.05, 3.63) is 71.8 Å². The number of benzene rings is 2. The maximum atomic E-state index is 5.92. The predicted molar refractivity (Wildman–Crippen MR) is 84.8 cm³/mol. The molecule has 0 saturated carbocycles. The molecular formula is C16H15ClN4. The van der Waals surface area contributed by atoms with Gasteiger partial charge in [-0.05, 0) is 42.8 Å². The molecule has 0 saturated heterocycles. The molecule has 0 aliphatic carbocycles. The second-order valence-corrected chi connectivity index (χ2v) is 5.27. The monoisotopic (exact) mass is 298 g/mol. The molecule has 1 unspecified atom stereocenters. The average molecular weight is 299 g/mol. The van der Waals surface area contributed by atoms with Crippen LogP contribution in [-0.2, 0) is 0 Å². The van der Waals surface area contributed by atoms with Crippen LogP contribution in [0.3, 0.4) is 0 Å². The zero-order valence-electron chi connectivity index (χ0n) is 11.6. The number of nitrogens with one attached hydrogen (secondary N) is 1. The van der Waals surface area contributed by atoms with Crippen LogP contribution in [0.5, 0.6) is 0 Å². The summed E-state index contributed by atoms with van der Waals surface area (Å²) in [5, 5.41) is 11.9. The first-order valence-electron chi connectivity index (χ1n) is 6.69. The molecule has 3 rings (SSSR count). The Hall–Kier alpha value is -2.33. The summed E-state index contributed by atoms with van der Waals surface area (Å²) >= 11 is 5.92. The van der Waals surface area contributed by atoms with Gasteiger partial charge in [-0.1, -0.05) is 29.8 Å². The first-order valence-corrected chi connectivity index (χ1v) is 7.07. The third kappa shape index (κ3) is 3.23. The van der Waals surface area contributed by atoms with Gasteiger partial charge in [0.15, 0.2) is 0 Å². The van der Waals surface area contributed by atoms with Crippen LogP contribution in [0, 0.1) is 0 Å². The van der Waals surface area contributed by atoms with Crippen molar-refractivity contribution in [1.29, 1.82) is 0 Å². The van der Waals surface area contributed by atoms with Crippen LogP contribution in [0.1, 0.15) is 18.5 Å². The number of halogens is 1. The fraction of sp³-hybridized carbons (Fsp3) is 0.125. The van der Waals surface area contributed by atoms with E-state index < -0.39 is 0 Å². The minimum Gasteiger partial charge on any atom is -0.378 e. The van der Waals surface area contributed by atoms with Crippen LogP contribution < -0.4 is 5.32 Å². The third-order valence-electron chi connectivity index (χ3n) is 3.32. The molecule has 1 heterocycles. The summed E-state index contributed by atoms with van der Waals surface area (Å²) in [4.78, 5) is 0. The molecule has 0 spiro atoms. The lowest BCUT2D eigenvalue weighted by Crippen LogP contribution is -2.06. The Morgan fingerprint density at radius 3 is 2.48 bits per heavy atom. The van der Waals surface area contributed by atoms with E-state index >= 15 is 0 Å². The van der Waals surface area contributed by atoms with Crippen molar-refractivity contribution in [2.45, 2.75) is 13.0 Å². The molecule has 0 aliphatic heterocycles. The van der Waals surface area contributed by atoms with Gasteiger partial charge in [0.1, 0.15) is 12.7 Å². The van der Waals surface area contributed by atoms with Gasteiger partial charge < -0.3 is 5.32 Å². The second-order valence-electron chi connectivity index (χ2n) is 4.84. The number of anilines is 1. The first-order chi connectivity index (χ1) is 10.2. The van der Waals surface area contributed by atoms with E-state index in [0.29, 0.717) is 0 Å². The van der Waals surface area contributed by atoms with Crippen LogP contribution in [-0.4, -0.2) is 14.8 Å². The Labute approximate surface area is 128 Å². The molecule has 1 N–H and O–H groups in total. The van der Waals surface area contributed by atoms with E-state index in [4.69, 9.17) is 11.6 Å². The molecule has 1 atom stereocenters. The highest BCUT2D eigenvalue weighted by Crippen LogP contribution is 2.22. The van der Waals surface area contributed by atoms with Crippen molar-refractivity contribution >= 4 is 17.3 Å². The summed E-state index contributed by atoms with van der Waals surface area (Å²) in [7, 11) is 0. The van der Waals surface area contributed by atoms with Gasteiger partial charge in [-0.3, -0.25) is 4.57 Å². The summed E-state index contributed by atoms with van der Waals surface area (Å²) < 4.78 is 1.87. The Morgan fingerprint density at radius 2 is 1.76 bits per heavy atom. The standard InChI is InChI=1S/C16H15ClN4/c1-12(13-5-7-14(17)8-6-13)20-15-3-2-4-16(9-15)21-10-18-19-11-21/h2-12,20H,1H3. The zero-order valence-corrected chi connectivity index (χ0v) is 12.3. The Balaban J connectivity index is 1.78. The van der Waals surface area contributed by atoms with E-state index in [9.17, 15) is 0 Å². The number of hydrogen-bond acceptors (Lipinski definition) is 3. The van der Waals surface area contributed by atoms with E-state index in [-0.39, 0.29) is 6.04 Å². The lowest BCUT2D eigenvalue weighted by atomic mass is 10.1. The van der Waals surface area contributed by atoms with Crippen LogP contribution >= 0.6 is 11.6 Å². The predicted octanol–water partition coefficient (Wildman–Crippen LogP) is 4.09. The van der Waals surface area contributed by atoms with E-state index in [2.05, 4.69) is 28.5 Å². The van der Waals surface area contributed by atoms with Crippen molar-refractivity contribution in [3.63, 3.8) is 0 Å². The van der Waals surface area contributed by atoms with Gasteiger partial charge in [-0.25, -0.2) is 0 Å². The van der Waals surface area contributed by atoms with Gasteiger partial charge in [0.05, 0.1) is 5.69 Å². The number of hydrogen-bond donors (Lipinski definition) is 1. The van der Waals surface area contributed by atoms with E-state index in [1.54, 1.807) is 12.7 Å². The highest BCUT2D eigenvalue weighted by Gasteiger charge is 2.06. The fourth-order valence-corrected chi connectivity index (χ4v) is 2.30. The minimum atomic E-state index is 0.193. The van der Waals surface area contributed by atoms with Crippen molar-refractivity contribution in [2.75, 3.05) is 5.32 Å².